The van der Waals surface area contributed by atoms with Crippen LogP contribution in [0.25, 0.3) is 0 Å². The lowest BCUT2D eigenvalue weighted by molar-refractivity contribution is -0.383. The molecule has 0 heterocycles. The fraction of sp³-hybridized carbons (Fsp3) is 0.0909. The minimum Gasteiger partial charge on any atom is -0.495 e. The van der Waals surface area contributed by atoms with Gasteiger partial charge in [-0.15, -0.1) is 0 Å². The summed E-state index contributed by atoms with van der Waals surface area (Å²) < 4.78 is 5.30. The van der Waals surface area contributed by atoms with Crippen LogP contribution < -0.4 is 15.4 Å². The van der Waals surface area contributed by atoms with Gasteiger partial charge in [0.2, 0.25) is 5.91 Å². The number of nitro groups is 1. The van der Waals surface area contributed by atoms with E-state index in [1.165, 1.54) is 32.2 Å². The van der Waals surface area contributed by atoms with E-state index in [1.54, 1.807) is 48.5 Å². The van der Waals surface area contributed by atoms with Gasteiger partial charge in [-0.2, -0.15) is 0 Å². The SMILES string of the molecule is COc1ccc(NC(C)=O)cc1Nc1ccc(C(=O)c2ccccc2)cc1[N+](=O)[O-]. The van der Waals surface area contributed by atoms with Crippen LogP contribution in [-0.2, 0) is 4.79 Å². The molecule has 3 rings (SSSR count). The van der Waals surface area contributed by atoms with Gasteiger partial charge in [0.15, 0.2) is 5.78 Å². The number of hydrogen-bond donors (Lipinski definition) is 2. The van der Waals surface area contributed by atoms with Gasteiger partial charge < -0.3 is 15.4 Å². The first-order chi connectivity index (χ1) is 14.4. The van der Waals surface area contributed by atoms with E-state index in [0.717, 1.165) is 0 Å². The molecule has 1 amide bonds. The summed E-state index contributed by atoms with van der Waals surface area (Å²) in [6.07, 6.45) is 0. The van der Waals surface area contributed by atoms with Crippen LogP contribution in [0.2, 0.25) is 0 Å². The van der Waals surface area contributed by atoms with Crippen LogP contribution in [0.15, 0.2) is 66.7 Å². The molecule has 0 bridgehead atoms. The Bertz CT molecular complexity index is 1110. The standard InChI is InChI=1S/C22H19N3O5/c1-14(26)23-17-9-11-21(30-2)19(13-17)24-18-10-8-16(12-20(18)25(28)29)22(27)15-6-4-3-5-7-15/h3-13,24H,1-2H3,(H,23,26). The molecule has 0 unspecified atom stereocenters. The quantitative estimate of drug-likeness (QED) is 0.339. The summed E-state index contributed by atoms with van der Waals surface area (Å²) in [6.45, 7) is 1.38. The predicted octanol–water partition coefficient (Wildman–Crippen LogP) is 4.54. The van der Waals surface area contributed by atoms with Crippen LogP contribution in [0.4, 0.5) is 22.7 Å². The van der Waals surface area contributed by atoms with Crippen molar-refractivity contribution in [1.82, 2.24) is 0 Å². The van der Waals surface area contributed by atoms with Gasteiger partial charge in [-0.25, -0.2) is 0 Å². The summed E-state index contributed by atoms with van der Waals surface area (Å²) in [5.74, 6) is -0.126. The second kappa shape index (κ2) is 8.87. The van der Waals surface area contributed by atoms with E-state index in [0.29, 0.717) is 22.7 Å². The number of nitrogens with zero attached hydrogens (tertiary/aromatic N) is 1. The second-order valence-electron chi connectivity index (χ2n) is 6.41. The number of hydrogen-bond acceptors (Lipinski definition) is 6. The summed E-state index contributed by atoms with van der Waals surface area (Å²) in [5.41, 5.74) is 1.50. The summed E-state index contributed by atoms with van der Waals surface area (Å²) in [6, 6.07) is 17.7. The van der Waals surface area contributed by atoms with E-state index in [-0.39, 0.29) is 28.6 Å². The third kappa shape index (κ3) is 4.61. The van der Waals surface area contributed by atoms with E-state index < -0.39 is 4.92 Å². The molecule has 3 aromatic rings. The highest BCUT2D eigenvalue weighted by Gasteiger charge is 2.20. The Hall–Kier alpha value is -4.20. The Balaban J connectivity index is 1.98. The van der Waals surface area contributed by atoms with Crippen molar-refractivity contribution in [2.24, 2.45) is 0 Å². The molecule has 0 saturated carbocycles. The Kier molecular flexibility index (Phi) is 6.07. The number of methoxy groups -OCH3 is 1. The van der Waals surface area contributed by atoms with E-state index >= 15 is 0 Å². The Labute approximate surface area is 172 Å². The number of rotatable bonds is 7. The highest BCUT2D eigenvalue weighted by atomic mass is 16.6. The van der Waals surface area contributed by atoms with Crippen molar-refractivity contribution in [3.05, 3.63) is 88.0 Å². The third-order valence-corrected chi connectivity index (χ3v) is 4.28. The highest BCUT2D eigenvalue weighted by molar-refractivity contribution is 6.09. The van der Waals surface area contributed by atoms with Crippen molar-refractivity contribution in [3.8, 4) is 5.75 Å². The van der Waals surface area contributed by atoms with Gasteiger partial charge in [0.05, 0.1) is 17.7 Å². The minimum absolute atomic E-state index is 0.183. The van der Waals surface area contributed by atoms with Crippen molar-refractivity contribution < 1.29 is 19.2 Å². The molecule has 0 saturated heterocycles. The molecule has 3 aromatic carbocycles. The maximum Gasteiger partial charge on any atom is 0.293 e. The maximum absolute atomic E-state index is 12.6. The molecule has 0 aliphatic heterocycles. The number of ketones is 1. The van der Waals surface area contributed by atoms with E-state index in [1.807, 2.05) is 0 Å². The molecule has 0 radical (unpaired) electrons. The molecule has 152 valence electrons. The first kappa shape index (κ1) is 20.5. The Morgan fingerprint density at radius 3 is 2.30 bits per heavy atom. The number of carbonyl (C=O) groups is 2. The van der Waals surface area contributed by atoms with Crippen LogP contribution in [0.3, 0.4) is 0 Å². The van der Waals surface area contributed by atoms with Crippen molar-refractivity contribution in [2.75, 3.05) is 17.7 Å². The van der Waals surface area contributed by atoms with E-state index in [4.69, 9.17) is 4.74 Å². The van der Waals surface area contributed by atoms with Gasteiger partial charge in [0.1, 0.15) is 11.4 Å². The summed E-state index contributed by atoms with van der Waals surface area (Å²) in [4.78, 5) is 35.0. The second-order valence-corrected chi connectivity index (χ2v) is 6.41. The summed E-state index contributed by atoms with van der Waals surface area (Å²) in [7, 11) is 1.47. The van der Waals surface area contributed by atoms with Crippen LogP contribution in [0.1, 0.15) is 22.8 Å². The zero-order valence-electron chi connectivity index (χ0n) is 16.3. The number of carbonyl (C=O) groups excluding carboxylic acids is 2. The van der Waals surface area contributed by atoms with E-state index in [2.05, 4.69) is 10.6 Å². The first-order valence-electron chi connectivity index (χ1n) is 9.00. The predicted molar refractivity (Wildman–Crippen MR) is 114 cm³/mol. The molecule has 0 aromatic heterocycles. The number of nitro benzene ring substituents is 1. The molecule has 0 spiro atoms. The normalized spacial score (nSPS) is 10.2. The Morgan fingerprint density at radius 1 is 0.933 bits per heavy atom. The number of ether oxygens (including phenoxy) is 1. The zero-order valence-corrected chi connectivity index (χ0v) is 16.3. The van der Waals surface area contributed by atoms with Gasteiger partial charge in [-0.05, 0) is 30.3 Å². The van der Waals surface area contributed by atoms with Crippen LogP contribution in [0.5, 0.6) is 5.75 Å². The molecular weight excluding hydrogens is 386 g/mol. The lowest BCUT2D eigenvalue weighted by atomic mass is 10.0. The molecule has 30 heavy (non-hydrogen) atoms. The highest BCUT2D eigenvalue weighted by Crippen LogP contribution is 2.35. The fourth-order valence-electron chi connectivity index (χ4n) is 2.92. The lowest BCUT2D eigenvalue weighted by Gasteiger charge is -2.14. The molecule has 0 atom stereocenters. The van der Waals surface area contributed by atoms with Gasteiger partial charge in [-0.1, -0.05) is 30.3 Å². The largest absolute Gasteiger partial charge is 0.495 e. The minimum atomic E-state index is -0.561. The zero-order chi connectivity index (χ0) is 21.7. The number of anilines is 3. The van der Waals surface area contributed by atoms with Crippen molar-refractivity contribution in [1.29, 1.82) is 0 Å². The van der Waals surface area contributed by atoms with Crippen molar-refractivity contribution >= 4 is 34.4 Å². The smallest absolute Gasteiger partial charge is 0.293 e. The molecule has 0 aliphatic rings. The molecule has 0 fully saturated rings. The molecule has 8 heteroatoms. The average Bonchev–Trinajstić information content (AvgIpc) is 2.74. The molecule has 8 nitrogen and oxygen atoms in total. The van der Waals surface area contributed by atoms with Gasteiger partial charge in [0.25, 0.3) is 5.69 Å². The number of amides is 1. The molecule has 2 N–H and O–H groups in total. The topological polar surface area (TPSA) is 111 Å². The van der Waals surface area contributed by atoms with Gasteiger partial charge in [0, 0.05) is 29.8 Å². The maximum atomic E-state index is 12.6. The molecule has 0 aliphatic carbocycles. The Morgan fingerprint density at radius 2 is 1.67 bits per heavy atom. The number of nitrogens with one attached hydrogen (secondary N) is 2. The summed E-state index contributed by atoms with van der Waals surface area (Å²) in [5, 5.41) is 17.3. The summed E-state index contributed by atoms with van der Waals surface area (Å²) >= 11 is 0. The van der Waals surface area contributed by atoms with E-state index in [9.17, 15) is 19.7 Å². The van der Waals surface area contributed by atoms with Crippen molar-refractivity contribution in [2.45, 2.75) is 6.92 Å². The van der Waals surface area contributed by atoms with Crippen LogP contribution >= 0.6 is 0 Å². The van der Waals surface area contributed by atoms with Gasteiger partial charge >= 0.3 is 0 Å². The van der Waals surface area contributed by atoms with Crippen LogP contribution in [0, 0.1) is 10.1 Å². The number of benzene rings is 3. The lowest BCUT2D eigenvalue weighted by Crippen LogP contribution is -2.07. The van der Waals surface area contributed by atoms with Crippen LogP contribution in [-0.4, -0.2) is 23.7 Å². The first-order valence-corrected chi connectivity index (χ1v) is 9.00. The molecular formula is C22H19N3O5. The fourth-order valence-corrected chi connectivity index (χ4v) is 2.92. The van der Waals surface area contributed by atoms with Crippen molar-refractivity contribution in [3.63, 3.8) is 0 Å². The third-order valence-electron chi connectivity index (χ3n) is 4.28. The van der Waals surface area contributed by atoms with Gasteiger partial charge in [-0.3, -0.25) is 19.7 Å². The monoisotopic (exact) mass is 405 g/mol. The average molecular weight is 405 g/mol.